The fourth-order valence-corrected chi connectivity index (χ4v) is 4.19. The summed E-state index contributed by atoms with van der Waals surface area (Å²) in [7, 11) is 0. The zero-order valence-corrected chi connectivity index (χ0v) is 16.9. The number of aromatic nitrogens is 2. The molecule has 6 nitrogen and oxygen atoms in total. The smallest absolute Gasteiger partial charge is 0.290 e. The quantitative estimate of drug-likeness (QED) is 0.476. The second kappa shape index (κ2) is 7.35. The third-order valence-electron chi connectivity index (χ3n) is 5.01. The van der Waals surface area contributed by atoms with Crippen LogP contribution in [0.25, 0.3) is 28.4 Å². The van der Waals surface area contributed by atoms with Crippen LogP contribution in [-0.2, 0) is 11.3 Å². The van der Waals surface area contributed by atoms with Crippen molar-refractivity contribution in [3.05, 3.63) is 82.7 Å². The van der Waals surface area contributed by atoms with Gasteiger partial charge in [-0.1, -0.05) is 30.3 Å². The summed E-state index contributed by atoms with van der Waals surface area (Å²) in [4.78, 5) is 28.4. The third kappa shape index (κ3) is 3.33. The van der Waals surface area contributed by atoms with Crippen LogP contribution in [0.3, 0.4) is 0 Å². The summed E-state index contributed by atoms with van der Waals surface area (Å²) in [5, 5.41) is 2.95. The topological polar surface area (TPSA) is 77.1 Å². The van der Waals surface area contributed by atoms with Crippen LogP contribution >= 0.6 is 11.8 Å². The van der Waals surface area contributed by atoms with E-state index in [1.807, 2.05) is 67.7 Å². The Labute approximate surface area is 176 Å². The van der Waals surface area contributed by atoms with Crippen molar-refractivity contribution in [2.75, 3.05) is 0 Å². The zero-order valence-electron chi connectivity index (χ0n) is 16.1. The van der Waals surface area contributed by atoms with E-state index in [1.54, 1.807) is 6.08 Å². The van der Waals surface area contributed by atoms with Gasteiger partial charge in [0.2, 0.25) is 5.89 Å². The van der Waals surface area contributed by atoms with Crippen LogP contribution in [0.5, 0.6) is 0 Å². The lowest BCUT2D eigenvalue weighted by molar-refractivity contribution is -0.115. The molecular weight excluding hydrogens is 398 g/mol. The first-order valence-corrected chi connectivity index (χ1v) is 10.2. The van der Waals surface area contributed by atoms with Crippen LogP contribution in [0.1, 0.15) is 17.0 Å². The molecule has 1 N–H and O–H groups in total. The maximum Gasteiger partial charge on any atom is 0.290 e. The summed E-state index contributed by atoms with van der Waals surface area (Å²) in [5.41, 5.74) is 3.72. The van der Waals surface area contributed by atoms with Gasteiger partial charge in [-0.15, -0.1) is 0 Å². The Hall–Kier alpha value is -3.58. The van der Waals surface area contributed by atoms with Crippen LogP contribution in [0.2, 0.25) is 0 Å². The van der Waals surface area contributed by atoms with Crippen LogP contribution in [-0.4, -0.2) is 20.7 Å². The van der Waals surface area contributed by atoms with Gasteiger partial charge in [-0.3, -0.25) is 14.9 Å². The van der Waals surface area contributed by atoms with E-state index in [2.05, 4.69) is 9.88 Å². The van der Waals surface area contributed by atoms with E-state index in [9.17, 15) is 9.59 Å². The molecule has 1 aliphatic heterocycles. The first-order chi connectivity index (χ1) is 14.6. The van der Waals surface area contributed by atoms with Crippen molar-refractivity contribution >= 4 is 39.9 Å². The molecule has 7 heteroatoms. The largest absolute Gasteiger partial charge is 0.441 e. The van der Waals surface area contributed by atoms with Crippen molar-refractivity contribution < 1.29 is 14.0 Å². The lowest BCUT2D eigenvalue weighted by Crippen LogP contribution is -2.17. The second-order valence-corrected chi connectivity index (χ2v) is 7.98. The molecule has 1 saturated heterocycles. The average Bonchev–Trinajstić information content (AvgIpc) is 3.41. The Morgan fingerprint density at radius 3 is 2.70 bits per heavy atom. The fourth-order valence-electron chi connectivity index (χ4n) is 3.51. The lowest BCUT2D eigenvalue weighted by Gasteiger charge is -2.05. The second-order valence-electron chi connectivity index (χ2n) is 6.96. The highest BCUT2D eigenvalue weighted by atomic mass is 32.2. The van der Waals surface area contributed by atoms with Gasteiger partial charge in [0.15, 0.2) is 0 Å². The maximum absolute atomic E-state index is 11.9. The van der Waals surface area contributed by atoms with Crippen LogP contribution < -0.4 is 5.32 Å². The summed E-state index contributed by atoms with van der Waals surface area (Å²) in [6.45, 7) is 2.49. The number of nitrogens with zero attached hydrogens (tertiary/aromatic N) is 2. The molecule has 0 atom stereocenters. The van der Waals surface area contributed by atoms with E-state index in [-0.39, 0.29) is 11.1 Å². The number of amides is 2. The van der Waals surface area contributed by atoms with Crippen LogP contribution in [0.15, 0.2) is 70.1 Å². The van der Waals surface area contributed by atoms with Gasteiger partial charge >= 0.3 is 0 Å². The first-order valence-electron chi connectivity index (χ1n) is 9.43. The number of fused-ring (bicyclic) bond motifs is 1. The molecule has 3 heterocycles. The van der Waals surface area contributed by atoms with Crippen molar-refractivity contribution in [2.24, 2.45) is 0 Å². The maximum atomic E-state index is 11.9. The molecule has 1 fully saturated rings. The number of carbonyl (C=O) groups excluding carboxylic acids is 2. The number of hydrogen-bond acceptors (Lipinski definition) is 5. The molecule has 0 unspecified atom stereocenters. The normalized spacial score (nSPS) is 15.3. The highest BCUT2D eigenvalue weighted by Crippen LogP contribution is 2.30. The first kappa shape index (κ1) is 18.4. The minimum atomic E-state index is -0.354. The number of hydrogen-bond donors (Lipinski definition) is 1. The van der Waals surface area contributed by atoms with E-state index >= 15 is 0 Å². The van der Waals surface area contributed by atoms with Crippen LogP contribution in [0.4, 0.5) is 4.79 Å². The van der Waals surface area contributed by atoms with E-state index in [1.165, 1.54) is 0 Å². The molecule has 0 bridgehead atoms. The van der Waals surface area contributed by atoms with Crippen LogP contribution in [0, 0.1) is 6.92 Å². The number of thioether (sulfide) groups is 1. The molecule has 0 radical (unpaired) electrons. The van der Waals surface area contributed by atoms with Gasteiger partial charge in [-0.2, -0.15) is 0 Å². The molecule has 2 amide bonds. The molecule has 2 aromatic heterocycles. The van der Waals surface area contributed by atoms with Gasteiger partial charge in [0.1, 0.15) is 11.5 Å². The molecule has 5 rings (SSSR count). The predicted molar refractivity (Wildman–Crippen MR) is 117 cm³/mol. The summed E-state index contributed by atoms with van der Waals surface area (Å²) in [5.74, 6) is 1.04. The van der Waals surface area contributed by atoms with E-state index < -0.39 is 0 Å². The highest BCUT2D eigenvalue weighted by Gasteiger charge is 2.25. The number of benzene rings is 2. The summed E-state index contributed by atoms with van der Waals surface area (Å²) < 4.78 is 7.98. The Kier molecular flexibility index (Phi) is 4.52. The standard InChI is InChI=1S/C23H17N3O3S/c1-14-18(24-22(29-14)15-6-3-2-4-7-15)13-26-11-10-17-16(8-5-9-19(17)26)12-20-21(27)25-23(28)30-20/h2-12H,13H2,1H3,(H,25,27,28). The summed E-state index contributed by atoms with van der Waals surface area (Å²) in [6.07, 6.45) is 3.75. The Balaban J connectivity index is 1.48. The van der Waals surface area contributed by atoms with E-state index in [0.29, 0.717) is 17.3 Å². The summed E-state index contributed by atoms with van der Waals surface area (Å²) in [6, 6.07) is 17.7. The molecule has 0 saturated carbocycles. The number of nitrogens with one attached hydrogen (secondary N) is 1. The molecule has 0 spiro atoms. The summed E-state index contributed by atoms with van der Waals surface area (Å²) >= 11 is 0.921. The van der Waals surface area contributed by atoms with Gasteiger partial charge in [-0.05, 0) is 54.6 Å². The van der Waals surface area contributed by atoms with Gasteiger partial charge in [0.05, 0.1) is 11.4 Å². The fraction of sp³-hybridized carbons (Fsp3) is 0.0870. The Bertz CT molecular complexity index is 1320. The van der Waals surface area contributed by atoms with E-state index in [0.717, 1.165) is 45.2 Å². The minimum absolute atomic E-state index is 0.341. The molecular formula is C23H17N3O3S. The average molecular weight is 415 g/mol. The predicted octanol–water partition coefficient (Wildman–Crippen LogP) is 4.98. The Morgan fingerprint density at radius 1 is 1.10 bits per heavy atom. The number of carbonyl (C=O) groups is 2. The molecule has 4 aromatic rings. The SMILES string of the molecule is Cc1oc(-c2ccccc2)nc1Cn1ccc2c(C=C3SC(=O)NC3=O)cccc21. The molecule has 148 valence electrons. The minimum Gasteiger partial charge on any atom is -0.441 e. The number of oxazole rings is 1. The van der Waals surface area contributed by atoms with E-state index in [4.69, 9.17) is 9.40 Å². The molecule has 30 heavy (non-hydrogen) atoms. The molecule has 1 aliphatic rings. The number of aryl methyl sites for hydroxylation is 1. The van der Waals surface area contributed by atoms with Crippen molar-refractivity contribution in [1.82, 2.24) is 14.9 Å². The van der Waals surface area contributed by atoms with Gasteiger partial charge in [0, 0.05) is 22.7 Å². The number of rotatable bonds is 4. The third-order valence-corrected chi connectivity index (χ3v) is 5.82. The molecule has 0 aliphatic carbocycles. The molecule has 2 aromatic carbocycles. The van der Waals surface area contributed by atoms with Gasteiger partial charge < -0.3 is 8.98 Å². The van der Waals surface area contributed by atoms with Crippen molar-refractivity contribution in [2.45, 2.75) is 13.5 Å². The number of imide groups is 1. The van der Waals surface area contributed by atoms with Gasteiger partial charge in [-0.25, -0.2) is 4.98 Å². The highest BCUT2D eigenvalue weighted by molar-refractivity contribution is 8.18. The Morgan fingerprint density at radius 2 is 1.93 bits per heavy atom. The van der Waals surface area contributed by atoms with Crippen molar-refractivity contribution in [1.29, 1.82) is 0 Å². The van der Waals surface area contributed by atoms with Crippen molar-refractivity contribution in [3.8, 4) is 11.5 Å². The van der Waals surface area contributed by atoms with Gasteiger partial charge in [0.25, 0.3) is 11.1 Å². The van der Waals surface area contributed by atoms with Crippen molar-refractivity contribution in [3.63, 3.8) is 0 Å². The lowest BCUT2D eigenvalue weighted by atomic mass is 10.1. The monoisotopic (exact) mass is 415 g/mol. The zero-order chi connectivity index (χ0) is 20.7.